The van der Waals surface area contributed by atoms with Crippen LogP contribution in [0.25, 0.3) is 11.0 Å². The van der Waals surface area contributed by atoms with Crippen molar-refractivity contribution in [3.05, 3.63) is 24.5 Å². The van der Waals surface area contributed by atoms with Crippen molar-refractivity contribution in [2.24, 2.45) is 0 Å². The van der Waals surface area contributed by atoms with Crippen molar-refractivity contribution in [2.75, 3.05) is 19.6 Å². The van der Waals surface area contributed by atoms with Crippen molar-refractivity contribution >= 4 is 23.6 Å². The monoisotopic (exact) mass is 341 g/mol. The zero-order chi connectivity index (χ0) is 17.7. The first kappa shape index (κ1) is 17.1. The Morgan fingerprint density at radius 2 is 1.72 bits per heavy atom. The van der Waals surface area contributed by atoms with Crippen molar-refractivity contribution in [3.8, 4) is 0 Å². The lowest BCUT2D eigenvalue weighted by molar-refractivity contribution is 0.00578. The fourth-order valence-electron chi connectivity index (χ4n) is 3.63. The average molecular weight is 341 g/mol. The Balaban J connectivity index is 1.56. The molecule has 5 nitrogen and oxygen atoms in total. The number of benzene rings is 1. The molecule has 3 heterocycles. The lowest BCUT2D eigenvalue weighted by Crippen LogP contribution is -2.41. The van der Waals surface area contributed by atoms with Gasteiger partial charge >= 0.3 is 7.12 Å². The Hall–Kier alpha value is -1.37. The molecule has 0 amide bonds. The molecule has 0 N–H and O–H groups in total. The Kier molecular flexibility index (Phi) is 4.17. The van der Waals surface area contributed by atoms with E-state index >= 15 is 0 Å². The number of hydrogen-bond acceptors (Lipinski definition) is 4. The standard InChI is InChI=1S/C19H28BN3O2/c1-18(2)19(3,4)25-20(24-18)15-7-8-16-17(13-15)23(14-21-16)12-11-22-9-5-6-10-22/h7-8,13-14H,5-6,9-12H2,1-4H3. The van der Waals surface area contributed by atoms with E-state index in [1.165, 1.54) is 25.9 Å². The van der Waals surface area contributed by atoms with E-state index in [4.69, 9.17) is 9.31 Å². The number of nitrogens with zero attached hydrogens (tertiary/aromatic N) is 3. The van der Waals surface area contributed by atoms with Gasteiger partial charge in [0.05, 0.1) is 28.6 Å². The third-order valence-electron chi connectivity index (χ3n) is 6.03. The summed E-state index contributed by atoms with van der Waals surface area (Å²) in [7, 11) is -0.323. The molecule has 2 aromatic rings. The molecule has 0 spiro atoms. The first-order valence-electron chi connectivity index (χ1n) is 9.38. The van der Waals surface area contributed by atoms with Gasteiger partial charge in [-0.25, -0.2) is 4.98 Å². The summed E-state index contributed by atoms with van der Waals surface area (Å²) >= 11 is 0. The lowest BCUT2D eigenvalue weighted by atomic mass is 9.79. The van der Waals surface area contributed by atoms with Crippen LogP contribution in [0.2, 0.25) is 0 Å². The number of hydrogen-bond donors (Lipinski definition) is 0. The van der Waals surface area contributed by atoms with Crippen molar-refractivity contribution in [2.45, 2.75) is 58.3 Å². The summed E-state index contributed by atoms with van der Waals surface area (Å²) in [5.74, 6) is 0. The third-order valence-corrected chi connectivity index (χ3v) is 6.03. The Morgan fingerprint density at radius 1 is 1.04 bits per heavy atom. The third kappa shape index (κ3) is 3.11. The highest BCUT2D eigenvalue weighted by Crippen LogP contribution is 2.36. The molecule has 2 aliphatic rings. The fourth-order valence-corrected chi connectivity index (χ4v) is 3.63. The van der Waals surface area contributed by atoms with Crippen molar-refractivity contribution < 1.29 is 9.31 Å². The summed E-state index contributed by atoms with van der Waals surface area (Å²) in [4.78, 5) is 7.08. The van der Waals surface area contributed by atoms with Crippen LogP contribution in [-0.4, -0.2) is 52.4 Å². The van der Waals surface area contributed by atoms with Gasteiger partial charge in [-0.3, -0.25) is 0 Å². The molecule has 0 saturated carbocycles. The van der Waals surface area contributed by atoms with Crippen LogP contribution < -0.4 is 5.46 Å². The maximum Gasteiger partial charge on any atom is 0.494 e. The smallest absolute Gasteiger partial charge is 0.399 e. The van der Waals surface area contributed by atoms with Gasteiger partial charge in [0.2, 0.25) is 0 Å². The van der Waals surface area contributed by atoms with Gasteiger partial charge < -0.3 is 18.8 Å². The predicted molar refractivity (Wildman–Crippen MR) is 101 cm³/mol. The van der Waals surface area contributed by atoms with Crippen LogP contribution in [0.4, 0.5) is 0 Å². The molecule has 0 radical (unpaired) electrons. The Morgan fingerprint density at radius 3 is 2.40 bits per heavy atom. The summed E-state index contributed by atoms with van der Waals surface area (Å²) in [5, 5.41) is 0. The van der Waals surface area contributed by atoms with Crippen LogP contribution in [0.3, 0.4) is 0 Å². The van der Waals surface area contributed by atoms with Crippen LogP contribution in [0, 0.1) is 0 Å². The largest absolute Gasteiger partial charge is 0.494 e. The molecule has 25 heavy (non-hydrogen) atoms. The SMILES string of the molecule is CC1(C)OB(c2ccc3ncn(CCN4CCCC4)c3c2)OC1(C)C. The highest BCUT2D eigenvalue weighted by molar-refractivity contribution is 6.62. The number of rotatable bonds is 4. The number of imidazole rings is 1. The zero-order valence-electron chi connectivity index (χ0n) is 15.8. The minimum Gasteiger partial charge on any atom is -0.399 e. The molecule has 1 aromatic heterocycles. The van der Waals surface area contributed by atoms with E-state index in [9.17, 15) is 0 Å². The summed E-state index contributed by atoms with van der Waals surface area (Å²) in [6.07, 6.45) is 4.61. The summed E-state index contributed by atoms with van der Waals surface area (Å²) in [6, 6.07) is 6.32. The molecule has 4 rings (SSSR count). The molecule has 0 atom stereocenters. The second-order valence-electron chi connectivity index (χ2n) is 8.32. The quantitative estimate of drug-likeness (QED) is 0.801. The topological polar surface area (TPSA) is 39.5 Å². The number of aromatic nitrogens is 2. The van der Waals surface area contributed by atoms with Gasteiger partial charge in [0, 0.05) is 13.1 Å². The van der Waals surface area contributed by atoms with E-state index in [2.05, 4.69) is 60.3 Å². The van der Waals surface area contributed by atoms with Crippen LogP contribution in [0.5, 0.6) is 0 Å². The van der Waals surface area contributed by atoms with Crippen molar-refractivity contribution in [3.63, 3.8) is 0 Å². The van der Waals surface area contributed by atoms with E-state index in [-0.39, 0.29) is 18.3 Å². The molecular weight excluding hydrogens is 313 g/mol. The van der Waals surface area contributed by atoms with E-state index < -0.39 is 0 Å². The van der Waals surface area contributed by atoms with Gasteiger partial charge in [-0.05, 0) is 71.2 Å². The molecular formula is C19H28BN3O2. The van der Waals surface area contributed by atoms with Gasteiger partial charge in [-0.1, -0.05) is 6.07 Å². The minimum atomic E-state index is -0.323. The number of fused-ring (bicyclic) bond motifs is 1. The molecule has 6 heteroatoms. The lowest BCUT2D eigenvalue weighted by Gasteiger charge is -2.32. The highest BCUT2D eigenvalue weighted by Gasteiger charge is 2.51. The first-order chi connectivity index (χ1) is 11.9. The maximum absolute atomic E-state index is 6.20. The Bertz CT molecular complexity index is 749. The molecule has 0 aliphatic carbocycles. The summed E-state index contributed by atoms with van der Waals surface area (Å²) in [5.41, 5.74) is 2.62. The van der Waals surface area contributed by atoms with E-state index in [0.717, 1.165) is 29.6 Å². The fraction of sp³-hybridized carbons (Fsp3) is 0.632. The van der Waals surface area contributed by atoms with Crippen LogP contribution >= 0.6 is 0 Å². The van der Waals surface area contributed by atoms with E-state index in [0.29, 0.717) is 0 Å². The average Bonchev–Trinajstić information content (AvgIpc) is 3.24. The molecule has 134 valence electrons. The molecule has 0 unspecified atom stereocenters. The highest BCUT2D eigenvalue weighted by atomic mass is 16.7. The van der Waals surface area contributed by atoms with Gasteiger partial charge in [0.15, 0.2) is 0 Å². The van der Waals surface area contributed by atoms with Crippen molar-refractivity contribution in [1.29, 1.82) is 0 Å². The minimum absolute atomic E-state index is 0.317. The number of likely N-dealkylation sites (tertiary alicyclic amines) is 1. The van der Waals surface area contributed by atoms with E-state index in [1.807, 2.05) is 6.33 Å². The predicted octanol–water partition coefficient (Wildman–Crippen LogP) is 2.43. The van der Waals surface area contributed by atoms with Gasteiger partial charge in [-0.2, -0.15) is 0 Å². The first-order valence-corrected chi connectivity index (χ1v) is 9.38. The molecule has 1 aromatic carbocycles. The maximum atomic E-state index is 6.20. The summed E-state index contributed by atoms with van der Waals surface area (Å²) in [6.45, 7) is 12.9. The van der Waals surface area contributed by atoms with Crippen LogP contribution in [0.15, 0.2) is 24.5 Å². The summed E-state index contributed by atoms with van der Waals surface area (Å²) < 4.78 is 14.6. The molecule has 2 fully saturated rings. The van der Waals surface area contributed by atoms with Crippen LogP contribution in [-0.2, 0) is 15.9 Å². The normalized spacial score (nSPS) is 23.0. The molecule has 2 aliphatic heterocycles. The Labute approximate surface area is 150 Å². The van der Waals surface area contributed by atoms with Crippen LogP contribution in [0.1, 0.15) is 40.5 Å². The van der Waals surface area contributed by atoms with Gasteiger partial charge in [0.25, 0.3) is 0 Å². The van der Waals surface area contributed by atoms with E-state index in [1.54, 1.807) is 0 Å². The molecule has 0 bridgehead atoms. The zero-order valence-corrected chi connectivity index (χ0v) is 15.8. The van der Waals surface area contributed by atoms with Gasteiger partial charge in [-0.15, -0.1) is 0 Å². The van der Waals surface area contributed by atoms with Gasteiger partial charge in [0.1, 0.15) is 0 Å². The molecule has 2 saturated heterocycles. The van der Waals surface area contributed by atoms with Crippen molar-refractivity contribution in [1.82, 2.24) is 14.5 Å². The second-order valence-corrected chi connectivity index (χ2v) is 8.32. The second kappa shape index (κ2) is 6.11.